The third-order valence-corrected chi connectivity index (χ3v) is 9.04. The molecule has 9 heteroatoms. The van der Waals surface area contributed by atoms with E-state index in [1.807, 2.05) is 100 Å². The predicted molar refractivity (Wildman–Crippen MR) is 207 cm³/mol. The standard InChI is InChI=1S/C20H19NO2S.C13H13ClO2.C7H7NS/c1-4-14-10-12(2)16(13(3)11-14)17-18(22)21-19(24-20(17)23)15-8-6-5-7-9-15;1-4-10-5-8(2)12(9(3)6-10)11(7-15)13(14)16;8-7(9)6-4-2-1-3-5-6/h5-11,22H,4H2,1-3H3;5-6H,4H2,1-3H3;1-5H,(H2,8,9). The second-order valence-corrected chi connectivity index (χ2v) is 13.0. The number of allylic oxidation sites excluding steroid dienone is 1. The van der Waals surface area contributed by atoms with Gasteiger partial charge in [0.1, 0.15) is 27.1 Å². The molecule has 5 rings (SSSR count). The Kier molecular flexibility index (Phi) is 14.3. The van der Waals surface area contributed by atoms with E-state index in [1.165, 1.54) is 11.1 Å². The van der Waals surface area contributed by atoms with Gasteiger partial charge in [-0.25, -0.2) is 9.78 Å². The number of rotatable bonds is 7. The molecule has 0 atom stereocenters. The van der Waals surface area contributed by atoms with Crippen LogP contribution in [-0.4, -0.2) is 26.3 Å². The zero-order chi connectivity index (χ0) is 36.2. The first-order chi connectivity index (χ1) is 23.3. The number of thiocarbonyl (C=S) groups is 1. The van der Waals surface area contributed by atoms with Crippen LogP contribution in [0.5, 0.6) is 5.88 Å². The van der Waals surface area contributed by atoms with Crippen LogP contribution in [0.25, 0.3) is 27.3 Å². The molecule has 0 spiro atoms. The molecule has 0 fully saturated rings. The van der Waals surface area contributed by atoms with Crippen LogP contribution >= 0.6 is 35.2 Å². The lowest BCUT2D eigenvalue weighted by Gasteiger charge is -2.13. The summed E-state index contributed by atoms with van der Waals surface area (Å²) in [4.78, 5) is 39.3. The van der Waals surface area contributed by atoms with Crippen molar-refractivity contribution in [1.29, 1.82) is 0 Å². The van der Waals surface area contributed by atoms with Gasteiger partial charge in [-0.15, -0.1) is 0 Å². The maximum Gasteiger partial charge on any atom is 0.264 e. The molecule has 0 bridgehead atoms. The van der Waals surface area contributed by atoms with Crippen molar-refractivity contribution in [2.75, 3.05) is 0 Å². The first-order valence-corrected chi connectivity index (χ1v) is 17.2. The summed E-state index contributed by atoms with van der Waals surface area (Å²) in [5.74, 6) is 1.42. The monoisotopic (exact) mass is 710 g/mol. The Bertz CT molecular complexity index is 2020. The Morgan fingerprint density at radius 3 is 1.69 bits per heavy atom. The van der Waals surface area contributed by atoms with Gasteiger partial charge in [-0.05, 0) is 91.1 Å². The number of halogens is 1. The fourth-order valence-electron chi connectivity index (χ4n) is 5.42. The van der Waals surface area contributed by atoms with E-state index in [0.29, 0.717) is 21.1 Å². The van der Waals surface area contributed by atoms with Gasteiger partial charge < -0.3 is 10.8 Å². The molecule has 6 nitrogen and oxygen atoms in total. The lowest BCUT2D eigenvalue weighted by atomic mass is 9.94. The second-order valence-electron chi connectivity index (χ2n) is 11.3. The molecule has 0 unspecified atom stereocenters. The molecule has 0 radical (unpaired) electrons. The molecule has 0 saturated carbocycles. The maximum atomic E-state index is 12.7. The molecule has 1 heterocycles. The lowest BCUT2D eigenvalue weighted by Crippen LogP contribution is -2.08. The van der Waals surface area contributed by atoms with E-state index >= 15 is 0 Å². The fraction of sp³-hybridized carbons (Fsp3) is 0.200. The lowest BCUT2D eigenvalue weighted by molar-refractivity contribution is -0.106. The number of hydrogen-bond acceptors (Lipinski definition) is 7. The van der Waals surface area contributed by atoms with Crippen LogP contribution in [0.1, 0.15) is 58.4 Å². The van der Waals surface area contributed by atoms with E-state index in [-0.39, 0.29) is 16.2 Å². The Hall–Kier alpha value is -4.72. The number of nitrogens with zero attached hydrogens (tertiary/aromatic N) is 1. The normalized spacial score (nSPS) is 10.1. The van der Waals surface area contributed by atoms with E-state index < -0.39 is 5.24 Å². The molecule has 5 aromatic rings. The number of aryl methyl sites for hydroxylation is 6. The minimum atomic E-state index is -0.759. The molecule has 0 aliphatic heterocycles. The minimum absolute atomic E-state index is 0.0840. The van der Waals surface area contributed by atoms with Crippen molar-refractivity contribution in [3.63, 3.8) is 0 Å². The second kappa shape index (κ2) is 18.2. The van der Waals surface area contributed by atoms with Crippen molar-refractivity contribution in [2.24, 2.45) is 5.73 Å². The zero-order valence-electron chi connectivity index (χ0n) is 28.4. The van der Waals surface area contributed by atoms with Crippen molar-refractivity contribution >= 4 is 56.9 Å². The van der Waals surface area contributed by atoms with Crippen LogP contribution in [-0.2, 0) is 22.4 Å². The Morgan fingerprint density at radius 1 is 0.837 bits per heavy atom. The molecular formula is C40H39ClN2O4S2. The quantitative estimate of drug-likeness (QED) is 0.0751. The molecule has 0 aliphatic rings. The van der Waals surface area contributed by atoms with Crippen molar-refractivity contribution in [1.82, 2.24) is 4.98 Å². The van der Waals surface area contributed by atoms with Gasteiger partial charge in [0, 0.05) is 16.7 Å². The van der Waals surface area contributed by atoms with Crippen LogP contribution in [0.3, 0.4) is 0 Å². The molecule has 252 valence electrons. The summed E-state index contributed by atoms with van der Waals surface area (Å²) in [6.45, 7) is 11.8. The molecular weight excluding hydrogens is 672 g/mol. The number of carbonyl (C=O) groups is 1. The molecule has 0 amide bonds. The van der Waals surface area contributed by atoms with E-state index in [2.05, 4.69) is 31.0 Å². The van der Waals surface area contributed by atoms with E-state index in [0.717, 1.165) is 63.1 Å². The molecule has 49 heavy (non-hydrogen) atoms. The first kappa shape index (κ1) is 38.7. The Balaban J connectivity index is 0.000000223. The van der Waals surface area contributed by atoms with Crippen LogP contribution < -0.4 is 10.5 Å². The van der Waals surface area contributed by atoms with E-state index in [4.69, 9.17) is 29.6 Å². The van der Waals surface area contributed by atoms with Gasteiger partial charge in [0.05, 0.1) is 0 Å². The third-order valence-electron chi connectivity index (χ3n) is 7.70. The highest BCUT2D eigenvalue weighted by molar-refractivity contribution is 7.80. The summed E-state index contributed by atoms with van der Waals surface area (Å²) in [5, 5.41) is 10.2. The number of nitrogens with two attached hydrogens (primary N) is 1. The summed E-state index contributed by atoms with van der Waals surface area (Å²) in [5.41, 5.74) is 14.8. The summed E-state index contributed by atoms with van der Waals surface area (Å²) in [7, 11) is 0. The van der Waals surface area contributed by atoms with Crippen molar-refractivity contribution < 1.29 is 14.7 Å². The van der Waals surface area contributed by atoms with Gasteiger partial charge in [-0.2, -0.15) is 0 Å². The molecule has 3 N–H and O–H groups in total. The van der Waals surface area contributed by atoms with Gasteiger partial charge in [0.2, 0.25) is 10.6 Å². The number of aromatic nitrogens is 1. The van der Waals surface area contributed by atoms with Crippen LogP contribution in [0.15, 0.2) is 89.7 Å². The smallest absolute Gasteiger partial charge is 0.264 e. The van der Waals surface area contributed by atoms with Gasteiger partial charge >= 0.3 is 0 Å². The molecule has 0 saturated heterocycles. The summed E-state index contributed by atoms with van der Waals surface area (Å²) in [6, 6.07) is 27.0. The van der Waals surface area contributed by atoms with Gasteiger partial charge in [-0.1, -0.05) is 122 Å². The van der Waals surface area contributed by atoms with E-state index in [1.54, 1.807) is 5.94 Å². The third kappa shape index (κ3) is 10.1. The summed E-state index contributed by atoms with van der Waals surface area (Å²) in [6.07, 6.45) is 1.85. The largest absolute Gasteiger partial charge is 0.493 e. The molecule has 0 aliphatic carbocycles. The minimum Gasteiger partial charge on any atom is -0.493 e. The number of carbonyl (C=O) groups excluding carboxylic acids is 2. The first-order valence-electron chi connectivity index (χ1n) is 15.6. The number of benzene rings is 4. The highest BCUT2D eigenvalue weighted by atomic mass is 35.5. The highest BCUT2D eigenvalue weighted by Crippen LogP contribution is 2.34. The Labute approximate surface area is 302 Å². The van der Waals surface area contributed by atoms with Crippen molar-refractivity contribution in [3.8, 4) is 27.6 Å². The zero-order valence-corrected chi connectivity index (χ0v) is 30.8. The predicted octanol–water partition coefficient (Wildman–Crippen LogP) is 8.89. The maximum absolute atomic E-state index is 12.7. The SMILES string of the molecule is CCc1cc(C)c(-c2c(O)nc(-c3ccccc3)sc2=O)c(C)c1.CCc1cc(C)c(C(=C=O)C(=O)Cl)c(C)c1.NC(=S)c1ccccc1. The molecule has 1 aromatic heterocycles. The van der Waals surface area contributed by atoms with Gasteiger partial charge in [-0.3, -0.25) is 9.59 Å². The summed E-state index contributed by atoms with van der Waals surface area (Å²) < 4.78 is -0.170. The highest BCUT2D eigenvalue weighted by Gasteiger charge is 2.19. The average molecular weight is 711 g/mol. The fourth-order valence-corrected chi connectivity index (χ4v) is 6.54. The topological polar surface area (TPSA) is 110 Å². The Morgan fingerprint density at radius 2 is 1.31 bits per heavy atom. The average Bonchev–Trinajstić information content (AvgIpc) is 3.08. The molecule has 4 aromatic carbocycles. The van der Waals surface area contributed by atoms with Gasteiger partial charge in [0.15, 0.2) is 0 Å². The summed E-state index contributed by atoms with van der Waals surface area (Å²) >= 11 is 11.2. The number of aromatic hydroxyl groups is 1. The van der Waals surface area contributed by atoms with Gasteiger partial charge in [0.25, 0.3) is 5.24 Å². The van der Waals surface area contributed by atoms with Crippen LogP contribution in [0.2, 0.25) is 0 Å². The number of hydrogen-bond donors (Lipinski definition) is 2. The van der Waals surface area contributed by atoms with E-state index in [9.17, 15) is 19.5 Å². The van der Waals surface area contributed by atoms with Crippen molar-refractivity contribution in [2.45, 2.75) is 54.4 Å². The van der Waals surface area contributed by atoms with Crippen LogP contribution in [0, 0.1) is 27.7 Å². The van der Waals surface area contributed by atoms with Crippen LogP contribution in [0.4, 0.5) is 0 Å². The van der Waals surface area contributed by atoms with Crippen molar-refractivity contribution in [3.05, 3.63) is 139 Å².